The van der Waals surface area contributed by atoms with Gasteiger partial charge in [-0.1, -0.05) is 11.6 Å². The van der Waals surface area contributed by atoms with Gasteiger partial charge in [0.2, 0.25) is 0 Å². The highest BCUT2D eigenvalue weighted by molar-refractivity contribution is 6.30. The van der Waals surface area contributed by atoms with Gasteiger partial charge in [-0.2, -0.15) is 0 Å². The number of piperazine rings is 2. The molecule has 1 amide bonds. The molecule has 0 unspecified atom stereocenters. The smallest absolute Gasteiger partial charge is 0.253 e. The van der Waals surface area contributed by atoms with Crippen LogP contribution in [0.3, 0.4) is 0 Å². The SMILES string of the molecule is C[C@@]1(CO)CN(C(=O)c2ccc(Cl)cc2)C[C@@H]2CN(C3CCOCC3)CCN21. The van der Waals surface area contributed by atoms with Crippen molar-refractivity contribution in [2.75, 3.05) is 52.5 Å². The van der Waals surface area contributed by atoms with Gasteiger partial charge in [-0.05, 0) is 44.0 Å². The lowest BCUT2D eigenvalue weighted by atomic mass is 9.90. The first-order valence-electron chi connectivity index (χ1n) is 10.2. The molecule has 3 heterocycles. The van der Waals surface area contributed by atoms with Crippen LogP contribution in [0.25, 0.3) is 0 Å². The molecule has 28 heavy (non-hydrogen) atoms. The molecule has 0 bridgehead atoms. The number of aliphatic hydroxyl groups excluding tert-OH is 1. The molecule has 0 aliphatic carbocycles. The predicted octanol–water partition coefficient (Wildman–Crippen LogP) is 1.71. The minimum Gasteiger partial charge on any atom is -0.394 e. The number of carbonyl (C=O) groups excluding carboxylic acids is 1. The van der Waals surface area contributed by atoms with Crippen LogP contribution in [-0.2, 0) is 4.74 Å². The van der Waals surface area contributed by atoms with E-state index in [9.17, 15) is 9.90 Å². The number of fused-ring (bicyclic) bond motifs is 1. The molecule has 2 atom stereocenters. The summed E-state index contributed by atoms with van der Waals surface area (Å²) in [4.78, 5) is 20.0. The zero-order chi connectivity index (χ0) is 19.7. The fourth-order valence-corrected chi connectivity index (χ4v) is 5.15. The average Bonchev–Trinajstić information content (AvgIpc) is 2.74. The van der Waals surface area contributed by atoms with E-state index in [1.165, 1.54) is 0 Å². The number of halogens is 1. The lowest BCUT2D eigenvalue weighted by Gasteiger charge is -2.57. The van der Waals surface area contributed by atoms with E-state index < -0.39 is 5.54 Å². The minimum atomic E-state index is -0.410. The molecule has 0 spiro atoms. The first kappa shape index (κ1) is 20.1. The van der Waals surface area contributed by atoms with Gasteiger partial charge in [-0.15, -0.1) is 0 Å². The highest BCUT2D eigenvalue weighted by atomic mass is 35.5. The van der Waals surface area contributed by atoms with Crippen molar-refractivity contribution in [1.82, 2.24) is 14.7 Å². The third-order valence-corrected chi connectivity index (χ3v) is 6.85. The predicted molar refractivity (Wildman–Crippen MR) is 109 cm³/mol. The number of benzene rings is 1. The number of carbonyl (C=O) groups is 1. The van der Waals surface area contributed by atoms with Gasteiger partial charge in [0.1, 0.15) is 0 Å². The number of ether oxygens (including phenoxy) is 1. The quantitative estimate of drug-likeness (QED) is 0.826. The molecule has 7 heteroatoms. The molecule has 1 aromatic rings. The Morgan fingerprint density at radius 1 is 1.18 bits per heavy atom. The second kappa shape index (κ2) is 8.28. The Labute approximate surface area is 172 Å². The number of hydrogen-bond acceptors (Lipinski definition) is 5. The van der Waals surface area contributed by atoms with E-state index in [1.807, 2.05) is 4.90 Å². The molecule has 3 saturated heterocycles. The van der Waals surface area contributed by atoms with E-state index in [1.54, 1.807) is 24.3 Å². The summed E-state index contributed by atoms with van der Waals surface area (Å²) in [5.74, 6) is 0.0131. The normalized spacial score (nSPS) is 30.2. The third kappa shape index (κ3) is 3.94. The molecule has 3 aliphatic heterocycles. The maximum atomic E-state index is 13.1. The Bertz CT molecular complexity index is 695. The highest BCUT2D eigenvalue weighted by Gasteiger charge is 2.47. The van der Waals surface area contributed by atoms with E-state index in [2.05, 4.69) is 16.7 Å². The lowest BCUT2D eigenvalue weighted by Crippen LogP contribution is -2.73. The Hall–Kier alpha value is -1.18. The van der Waals surface area contributed by atoms with Crippen LogP contribution in [0.5, 0.6) is 0 Å². The summed E-state index contributed by atoms with van der Waals surface area (Å²) in [6.07, 6.45) is 2.16. The Morgan fingerprint density at radius 2 is 1.89 bits per heavy atom. The van der Waals surface area contributed by atoms with Crippen LogP contribution in [0, 0.1) is 0 Å². The fraction of sp³-hybridized carbons (Fsp3) is 0.667. The van der Waals surface area contributed by atoms with Gasteiger partial charge in [0, 0.05) is 68.6 Å². The number of aliphatic hydroxyl groups is 1. The first-order chi connectivity index (χ1) is 13.5. The van der Waals surface area contributed by atoms with Crippen molar-refractivity contribution in [3.63, 3.8) is 0 Å². The van der Waals surface area contributed by atoms with E-state index in [0.717, 1.165) is 45.7 Å². The average molecular weight is 408 g/mol. The molecule has 154 valence electrons. The van der Waals surface area contributed by atoms with Crippen molar-refractivity contribution in [2.24, 2.45) is 0 Å². The van der Waals surface area contributed by atoms with Crippen LogP contribution in [0.1, 0.15) is 30.1 Å². The van der Waals surface area contributed by atoms with E-state index in [0.29, 0.717) is 29.7 Å². The van der Waals surface area contributed by atoms with Gasteiger partial charge in [0.05, 0.1) is 12.1 Å². The van der Waals surface area contributed by atoms with Gasteiger partial charge >= 0.3 is 0 Å². The Balaban J connectivity index is 1.51. The standard InChI is InChI=1S/C21H30ClN3O3/c1-21(15-26)14-24(20(27)16-2-4-17(22)5-3-16)13-19-12-23(8-9-25(19)21)18-6-10-28-11-7-18/h2-5,18-19,26H,6-15H2,1H3/t19-,21-/m0/s1. The zero-order valence-corrected chi connectivity index (χ0v) is 17.3. The maximum absolute atomic E-state index is 13.1. The molecule has 4 rings (SSSR count). The summed E-state index contributed by atoms with van der Waals surface area (Å²) in [6.45, 7) is 7.91. The van der Waals surface area contributed by atoms with E-state index in [-0.39, 0.29) is 18.6 Å². The second-order valence-corrected chi connectivity index (χ2v) is 8.97. The largest absolute Gasteiger partial charge is 0.394 e. The van der Waals surface area contributed by atoms with Crippen LogP contribution < -0.4 is 0 Å². The topological polar surface area (TPSA) is 56.3 Å². The number of nitrogens with zero attached hydrogens (tertiary/aromatic N) is 3. The Morgan fingerprint density at radius 3 is 2.57 bits per heavy atom. The number of amides is 1. The molecule has 1 N–H and O–H groups in total. The molecule has 3 aliphatic rings. The molecular weight excluding hydrogens is 378 g/mol. The molecule has 0 aromatic heterocycles. The fourth-order valence-electron chi connectivity index (χ4n) is 5.02. The molecule has 3 fully saturated rings. The number of hydrogen-bond donors (Lipinski definition) is 1. The van der Waals surface area contributed by atoms with Crippen LogP contribution in [0.2, 0.25) is 5.02 Å². The van der Waals surface area contributed by atoms with Crippen LogP contribution in [-0.4, -0.2) is 95.9 Å². The maximum Gasteiger partial charge on any atom is 0.253 e. The molecule has 0 radical (unpaired) electrons. The van der Waals surface area contributed by atoms with Crippen molar-refractivity contribution in [1.29, 1.82) is 0 Å². The second-order valence-electron chi connectivity index (χ2n) is 8.53. The monoisotopic (exact) mass is 407 g/mol. The highest BCUT2D eigenvalue weighted by Crippen LogP contribution is 2.31. The van der Waals surface area contributed by atoms with E-state index >= 15 is 0 Å². The zero-order valence-electron chi connectivity index (χ0n) is 16.5. The van der Waals surface area contributed by atoms with Gasteiger partial charge in [0.25, 0.3) is 5.91 Å². The van der Waals surface area contributed by atoms with Crippen molar-refractivity contribution in [2.45, 2.75) is 37.4 Å². The van der Waals surface area contributed by atoms with Crippen molar-refractivity contribution < 1.29 is 14.6 Å². The first-order valence-corrected chi connectivity index (χ1v) is 10.6. The molecule has 0 saturated carbocycles. The number of rotatable bonds is 3. The van der Waals surface area contributed by atoms with Crippen molar-refractivity contribution in [3.8, 4) is 0 Å². The van der Waals surface area contributed by atoms with Gasteiger partial charge in [-0.3, -0.25) is 14.6 Å². The summed E-state index contributed by atoms with van der Waals surface area (Å²) >= 11 is 5.97. The van der Waals surface area contributed by atoms with Gasteiger partial charge in [0.15, 0.2) is 0 Å². The molecule has 1 aromatic carbocycles. The van der Waals surface area contributed by atoms with Gasteiger partial charge in [-0.25, -0.2) is 0 Å². The lowest BCUT2D eigenvalue weighted by molar-refractivity contribution is -0.0959. The van der Waals surface area contributed by atoms with Crippen LogP contribution in [0.15, 0.2) is 24.3 Å². The Kier molecular flexibility index (Phi) is 5.95. The summed E-state index contributed by atoms with van der Waals surface area (Å²) in [5.41, 5.74) is 0.238. The molecular formula is C21H30ClN3O3. The summed E-state index contributed by atoms with van der Waals surface area (Å²) < 4.78 is 5.52. The van der Waals surface area contributed by atoms with Crippen LogP contribution >= 0.6 is 11.6 Å². The van der Waals surface area contributed by atoms with Crippen LogP contribution in [0.4, 0.5) is 0 Å². The summed E-state index contributed by atoms with van der Waals surface area (Å²) in [6, 6.07) is 7.87. The summed E-state index contributed by atoms with van der Waals surface area (Å²) in [7, 11) is 0. The summed E-state index contributed by atoms with van der Waals surface area (Å²) in [5, 5.41) is 10.8. The molecule has 6 nitrogen and oxygen atoms in total. The van der Waals surface area contributed by atoms with Crippen molar-refractivity contribution in [3.05, 3.63) is 34.9 Å². The van der Waals surface area contributed by atoms with Crippen molar-refractivity contribution >= 4 is 17.5 Å². The minimum absolute atomic E-state index is 0.0131. The van der Waals surface area contributed by atoms with Gasteiger partial charge < -0.3 is 14.7 Å². The third-order valence-electron chi connectivity index (χ3n) is 6.60. The van der Waals surface area contributed by atoms with E-state index in [4.69, 9.17) is 16.3 Å².